The molecule has 2 aromatic rings. The Morgan fingerprint density at radius 1 is 1.06 bits per heavy atom. The van der Waals surface area contributed by atoms with Gasteiger partial charge in [-0.15, -0.1) is 0 Å². The number of rotatable bonds is 3. The van der Waals surface area contributed by atoms with Crippen LogP contribution in [0.2, 0.25) is 0 Å². The van der Waals surface area contributed by atoms with Crippen molar-refractivity contribution in [3.05, 3.63) is 59.7 Å². The number of hydrogen-bond donors (Lipinski definition) is 1. The van der Waals surface area contributed by atoms with Crippen molar-refractivity contribution >= 4 is 0 Å². The number of nitrogens with two attached hydrogens (primary N) is 1. The molecule has 2 heteroatoms. The zero-order valence-corrected chi connectivity index (χ0v) is 10.2. The molecule has 0 unspecified atom stereocenters. The van der Waals surface area contributed by atoms with Crippen molar-refractivity contribution in [2.45, 2.75) is 19.9 Å². The topological polar surface area (TPSA) is 35.2 Å². The Balaban J connectivity index is 2.23. The molecule has 1 atom stereocenters. The first-order chi connectivity index (χ1) is 8.16. The summed E-state index contributed by atoms with van der Waals surface area (Å²) in [6, 6.07) is 15.9. The highest BCUT2D eigenvalue weighted by Gasteiger charge is 2.05. The normalized spacial score (nSPS) is 12.2. The van der Waals surface area contributed by atoms with Gasteiger partial charge in [0, 0.05) is 6.04 Å². The summed E-state index contributed by atoms with van der Waals surface area (Å²) in [5, 5.41) is 0. The third-order valence-corrected chi connectivity index (χ3v) is 2.70. The molecular weight excluding hydrogens is 210 g/mol. The van der Waals surface area contributed by atoms with Crippen LogP contribution in [0.1, 0.15) is 24.1 Å². The van der Waals surface area contributed by atoms with Gasteiger partial charge in [-0.2, -0.15) is 0 Å². The smallest absolute Gasteiger partial charge is 0.130 e. The SMILES string of the molecule is Cc1cc([C@H](C)N)ccc1Oc1ccccc1. The van der Waals surface area contributed by atoms with Crippen molar-refractivity contribution in [1.29, 1.82) is 0 Å². The number of para-hydroxylation sites is 1. The van der Waals surface area contributed by atoms with Crippen molar-refractivity contribution in [1.82, 2.24) is 0 Å². The molecule has 0 fully saturated rings. The highest BCUT2D eigenvalue weighted by molar-refractivity contribution is 5.40. The van der Waals surface area contributed by atoms with Gasteiger partial charge in [-0.1, -0.05) is 30.3 Å². The minimum absolute atomic E-state index is 0.0551. The van der Waals surface area contributed by atoms with E-state index in [1.54, 1.807) is 0 Å². The fourth-order valence-corrected chi connectivity index (χ4v) is 1.69. The van der Waals surface area contributed by atoms with Crippen molar-refractivity contribution in [2.75, 3.05) is 0 Å². The quantitative estimate of drug-likeness (QED) is 0.865. The zero-order chi connectivity index (χ0) is 12.3. The average molecular weight is 227 g/mol. The lowest BCUT2D eigenvalue weighted by Crippen LogP contribution is -2.05. The van der Waals surface area contributed by atoms with E-state index >= 15 is 0 Å². The molecule has 0 aliphatic carbocycles. The summed E-state index contributed by atoms with van der Waals surface area (Å²) in [4.78, 5) is 0. The van der Waals surface area contributed by atoms with Crippen LogP contribution in [0.4, 0.5) is 0 Å². The van der Waals surface area contributed by atoms with Crippen LogP contribution in [0.25, 0.3) is 0 Å². The Labute approximate surface area is 102 Å². The van der Waals surface area contributed by atoms with Crippen LogP contribution in [0, 0.1) is 6.92 Å². The van der Waals surface area contributed by atoms with E-state index in [4.69, 9.17) is 10.5 Å². The number of benzene rings is 2. The lowest BCUT2D eigenvalue weighted by Gasteiger charge is -2.11. The molecule has 2 nitrogen and oxygen atoms in total. The summed E-state index contributed by atoms with van der Waals surface area (Å²) < 4.78 is 5.80. The van der Waals surface area contributed by atoms with Gasteiger partial charge in [0.05, 0.1) is 0 Å². The summed E-state index contributed by atoms with van der Waals surface area (Å²) in [6.45, 7) is 4.01. The third kappa shape index (κ3) is 2.86. The molecule has 0 heterocycles. The van der Waals surface area contributed by atoms with Gasteiger partial charge in [0.15, 0.2) is 0 Å². The molecule has 0 bridgehead atoms. The molecule has 0 aliphatic heterocycles. The fourth-order valence-electron chi connectivity index (χ4n) is 1.69. The van der Waals surface area contributed by atoms with Gasteiger partial charge in [0.25, 0.3) is 0 Å². The van der Waals surface area contributed by atoms with Crippen molar-refractivity contribution < 1.29 is 4.74 Å². The van der Waals surface area contributed by atoms with E-state index < -0.39 is 0 Å². The minimum Gasteiger partial charge on any atom is -0.457 e. The Kier molecular flexibility index (Phi) is 3.45. The van der Waals surface area contributed by atoms with E-state index in [9.17, 15) is 0 Å². The number of ether oxygens (including phenoxy) is 1. The third-order valence-electron chi connectivity index (χ3n) is 2.70. The largest absolute Gasteiger partial charge is 0.457 e. The van der Waals surface area contributed by atoms with Crippen LogP contribution < -0.4 is 10.5 Å². The fraction of sp³-hybridized carbons (Fsp3) is 0.200. The molecule has 0 aliphatic rings. The van der Waals surface area contributed by atoms with Gasteiger partial charge in [-0.05, 0) is 43.2 Å². The van der Waals surface area contributed by atoms with Crippen LogP contribution in [-0.4, -0.2) is 0 Å². The van der Waals surface area contributed by atoms with E-state index in [1.807, 2.05) is 56.3 Å². The van der Waals surface area contributed by atoms with Gasteiger partial charge < -0.3 is 10.5 Å². The molecule has 2 rings (SSSR count). The second-order valence-corrected chi connectivity index (χ2v) is 4.23. The summed E-state index contributed by atoms with van der Waals surface area (Å²) in [7, 11) is 0. The predicted octanol–water partition coefficient (Wildman–Crippen LogP) is 3.81. The van der Waals surface area contributed by atoms with Crippen LogP contribution in [0.15, 0.2) is 48.5 Å². The predicted molar refractivity (Wildman–Crippen MR) is 70.3 cm³/mol. The lowest BCUT2D eigenvalue weighted by atomic mass is 10.1. The molecular formula is C15H17NO. The van der Waals surface area contributed by atoms with E-state index in [2.05, 4.69) is 6.07 Å². The molecule has 2 N–H and O–H groups in total. The van der Waals surface area contributed by atoms with Gasteiger partial charge in [0.1, 0.15) is 11.5 Å². The Morgan fingerprint density at radius 2 is 1.76 bits per heavy atom. The van der Waals surface area contributed by atoms with Crippen molar-refractivity contribution in [2.24, 2.45) is 5.73 Å². The molecule has 2 aromatic carbocycles. The molecule has 0 aromatic heterocycles. The van der Waals surface area contributed by atoms with E-state index in [-0.39, 0.29) is 6.04 Å². The average Bonchev–Trinajstić information content (AvgIpc) is 2.33. The summed E-state index contributed by atoms with van der Waals surface area (Å²) in [5.41, 5.74) is 8.07. The lowest BCUT2D eigenvalue weighted by molar-refractivity contribution is 0.478. The van der Waals surface area contributed by atoms with Crippen LogP contribution in [0.3, 0.4) is 0 Å². The summed E-state index contributed by atoms with van der Waals surface area (Å²) in [5.74, 6) is 1.73. The molecule has 0 saturated heterocycles. The number of hydrogen-bond acceptors (Lipinski definition) is 2. The maximum atomic E-state index is 5.84. The zero-order valence-electron chi connectivity index (χ0n) is 10.2. The monoisotopic (exact) mass is 227 g/mol. The Morgan fingerprint density at radius 3 is 2.35 bits per heavy atom. The van der Waals surface area contributed by atoms with Gasteiger partial charge >= 0.3 is 0 Å². The van der Waals surface area contributed by atoms with Gasteiger partial charge in [-0.25, -0.2) is 0 Å². The molecule has 17 heavy (non-hydrogen) atoms. The summed E-state index contributed by atoms with van der Waals surface area (Å²) in [6.07, 6.45) is 0. The molecule has 0 amide bonds. The van der Waals surface area contributed by atoms with Crippen LogP contribution in [-0.2, 0) is 0 Å². The highest BCUT2D eigenvalue weighted by atomic mass is 16.5. The second kappa shape index (κ2) is 5.02. The van der Waals surface area contributed by atoms with Crippen molar-refractivity contribution in [3.63, 3.8) is 0 Å². The first-order valence-electron chi connectivity index (χ1n) is 5.76. The van der Waals surface area contributed by atoms with E-state index in [0.717, 1.165) is 22.6 Å². The first-order valence-corrected chi connectivity index (χ1v) is 5.76. The highest BCUT2D eigenvalue weighted by Crippen LogP contribution is 2.26. The first kappa shape index (κ1) is 11.7. The summed E-state index contributed by atoms with van der Waals surface area (Å²) >= 11 is 0. The maximum Gasteiger partial charge on any atom is 0.130 e. The molecule has 88 valence electrons. The standard InChI is InChI=1S/C15H17NO/c1-11-10-13(12(2)16)8-9-15(11)17-14-6-4-3-5-7-14/h3-10,12H,16H2,1-2H3/t12-/m0/s1. The van der Waals surface area contributed by atoms with Crippen molar-refractivity contribution in [3.8, 4) is 11.5 Å². The van der Waals surface area contributed by atoms with E-state index in [0.29, 0.717) is 0 Å². The maximum absolute atomic E-state index is 5.84. The van der Waals surface area contributed by atoms with Crippen LogP contribution in [0.5, 0.6) is 11.5 Å². The van der Waals surface area contributed by atoms with Crippen LogP contribution >= 0.6 is 0 Å². The van der Waals surface area contributed by atoms with E-state index in [1.165, 1.54) is 0 Å². The van der Waals surface area contributed by atoms with Gasteiger partial charge in [0.2, 0.25) is 0 Å². The molecule has 0 radical (unpaired) electrons. The second-order valence-electron chi connectivity index (χ2n) is 4.23. The number of aryl methyl sites for hydroxylation is 1. The molecule has 0 spiro atoms. The Hall–Kier alpha value is -1.80. The molecule has 0 saturated carbocycles. The minimum atomic E-state index is 0.0551. The van der Waals surface area contributed by atoms with Gasteiger partial charge in [-0.3, -0.25) is 0 Å². The Bertz CT molecular complexity index is 492.